The first-order chi connectivity index (χ1) is 6.48. The number of aliphatic hydroxyl groups excluding tert-OH is 1. The molecule has 0 aliphatic heterocycles. The van der Waals surface area contributed by atoms with Crippen LogP contribution < -0.4 is 5.32 Å². The van der Waals surface area contributed by atoms with E-state index in [1.165, 1.54) is 0 Å². The highest BCUT2D eigenvalue weighted by Crippen LogP contribution is 2.24. The normalized spacial score (nSPS) is 14.4. The average molecular weight is 203 g/mol. The van der Waals surface area contributed by atoms with Gasteiger partial charge >= 0.3 is 0 Å². The lowest BCUT2D eigenvalue weighted by Gasteiger charge is -2.27. The fourth-order valence-corrected chi connectivity index (χ4v) is 0.936. The molecule has 0 saturated carbocycles. The van der Waals surface area contributed by atoms with Crippen LogP contribution >= 0.6 is 0 Å². The van der Waals surface area contributed by atoms with E-state index in [0.717, 1.165) is 13.1 Å². The van der Waals surface area contributed by atoms with Gasteiger partial charge in [-0.15, -0.1) is 0 Å². The SMILES string of the molecule is CC(CNCCOCCO)C(C)(C)C. The highest BCUT2D eigenvalue weighted by atomic mass is 16.5. The summed E-state index contributed by atoms with van der Waals surface area (Å²) in [5.41, 5.74) is 0.360. The van der Waals surface area contributed by atoms with Crippen LogP contribution in [-0.4, -0.2) is 38.0 Å². The van der Waals surface area contributed by atoms with Crippen molar-refractivity contribution in [3.63, 3.8) is 0 Å². The Hall–Kier alpha value is -0.120. The summed E-state index contributed by atoms with van der Waals surface area (Å²) in [7, 11) is 0. The van der Waals surface area contributed by atoms with Crippen molar-refractivity contribution in [2.75, 3.05) is 32.9 Å². The van der Waals surface area contributed by atoms with Gasteiger partial charge in [0.05, 0.1) is 19.8 Å². The monoisotopic (exact) mass is 203 g/mol. The number of rotatable bonds is 7. The van der Waals surface area contributed by atoms with Crippen molar-refractivity contribution in [3.05, 3.63) is 0 Å². The molecule has 0 aromatic rings. The molecule has 0 spiro atoms. The zero-order valence-corrected chi connectivity index (χ0v) is 9.97. The molecule has 0 rings (SSSR count). The van der Waals surface area contributed by atoms with Crippen LogP contribution in [-0.2, 0) is 4.74 Å². The molecule has 0 radical (unpaired) electrons. The van der Waals surface area contributed by atoms with Crippen molar-refractivity contribution in [2.24, 2.45) is 11.3 Å². The van der Waals surface area contributed by atoms with Crippen molar-refractivity contribution in [1.29, 1.82) is 0 Å². The molecular weight excluding hydrogens is 178 g/mol. The second kappa shape index (κ2) is 7.21. The van der Waals surface area contributed by atoms with Crippen LogP contribution in [0.25, 0.3) is 0 Å². The van der Waals surface area contributed by atoms with E-state index in [-0.39, 0.29) is 6.61 Å². The van der Waals surface area contributed by atoms with Crippen LogP contribution in [0.15, 0.2) is 0 Å². The van der Waals surface area contributed by atoms with E-state index in [1.807, 2.05) is 0 Å². The number of hydrogen-bond donors (Lipinski definition) is 2. The second-order valence-electron chi connectivity index (χ2n) is 4.81. The van der Waals surface area contributed by atoms with Crippen molar-refractivity contribution >= 4 is 0 Å². The Labute approximate surface area is 87.8 Å². The first kappa shape index (κ1) is 13.9. The summed E-state index contributed by atoms with van der Waals surface area (Å²) < 4.78 is 5.14. The molecule has 2 N–H and O–H groups in total. The maximum absolute atomic E-state index is 8.47. The van der Waals surface area contributed by atoms with Gasteiger partial charge in [0.15, 0.2) is 0 Å². The molecule has 14 heavy (non-hydrogen) atoms. The first-order valence-electron chi connectivity index (χ1n) is 5.37. The molecule has 0 fully saturated rings. The molecule has 86 valence electrons. The van der Waals surface area contributed by atoms with Crippen molar-refractivity contribution in [1.82, 2.24) is 5.32 Å². The molecule has 0 heterocycles. The van der Waals surface area contributed by atoms with Gasteiger partial charge in [-0.25, -0.2) is 0 Å². The van der Waals surface area contributed by atoms with E-state index in [0.29, 0.717) is 24.5 Å². The van der Waals surface area contributed by atoms with E-state index in [9.17, 15) is 0 Å². The predicted molar refractivity (Wildman–Crippen MR) is 59.4 cm³/mol. The van der Waals surface area contributed by atoms with Gasteiger partial charge < -0.3 is 15.2 Å². The molecule has 0 aromatic heterocycles. The predicted octanol–water partition coefficient (Wildman–Crippen LogP) is 1.27. The summed E-state index contributed by atoms with van der Waals surface area (Å²) in [6, 6.07) is 0. The van der Waals surface area contributed by atoms with Gasteiger partial charge in [0.25, 0.3) is 0 Å². The van der Waals surface area contributed by atoms with Gasteiger partial charge in [-0.3, -0.25) is 0 Å². The second-order valence-corrected chi connectivity index (χ2v) is 4.81. The van der Waals surface area contributed by atoms with Crippen LogP contribution in [0, 0.1) is 11.3 Å². The fraction of sp³-hybridized carbons (Fsp3) is 1.00. The Balaban J connectivity index is 3.28. The highest BCUT2D eigenvalue weighted by Gasteiger charge is 2.18. The van der Waals surface area contributed by atoms with Crippen LogP contribution in [0.3, 0.4) is 0 Å². The third kappa shape index (κ3) is 7.30. The van der Waals surface area contributed by atoms with Crippen LogP contribution in [0.4, 0.5) is 0 Å². The van der Waals surface area contributed by atoms with Gasteiger partial charge in [0.2, 0.25) is 0 Å². The van der Waals surface area contributed by atoms with E-state index in [1.54, 1.807) is 0 Å². The minimum atomic E-state index is 0.110. The fourth-order valence-electron chi connectivity index (χ4n) is 0.936. The van der Waals surface area contributed by atoms with E-state index in [2.05, 4.69) is 33.0 Å². The van der Waals surface area contributed by atoms with Crippen LogP contribution in [0.1, 0.15) is 27.7 Å². The maximum Gasteiger partial charge on any atom is 0.0698 e. The number of nitrogens with one attached hydrogen (secondary N) is 1. The minimum Gasteiger partial charge on any atom is -0.394 e. The molecule has 1 atom stereocenters. The summed E-state index contributed by atoms with van der Waals surface area (Å²) in [6.45, 7) is 12.1. The molecule has 0 aliphatic rings. The minimum absolute atomic E-state index is 0.110. The summed E-state index contributed by atoms with van der Waals surface area (Å²) in [5, 5.41) is 11.8. The van der Waals surface area contributed by atoms with Crippen LogP contribution in [0.5, 0.6) is 0 Å². The van der Waals surface area contributed by atoms with Crippen LogP contribution in [0.2, 0.25) is 0 Å². The number of hydrogen-bond acceptors (Lipinski definition) is 3. The summed E-state index contributed by atoms with van der Waals surface area (Å²) in [6.07, 6.45) is 0. The van der Waals surface area contributed by atoms with Gasteiger partial charge in [0.1, 0.15) is 0 Å². The molecule has 3 heteroatoms. The lowest BCUT2D eigenvalue weighted by Crippen LogP contribution is -2.31. The molecule has 0 aliphatic carbocycles. The lowest BCUT2D eigenvalue weighted by molar-refractivity contribution is 0.0926. The first-order valence-corrected chi connectivity index (χ1v) is 5.37. The molecule has 1 unspecified atom stereocenters. The Morgan fingerprint density at radius 2 is 1.93 bits per heavy atom. The van der Waals surface area contributed by atoms with E-state index < -0.39 is 0 Å². The van der Waals surface area contributed by atoms with Crippen molar-refractivity contribution in [2.45, 2.75) is 27.7 Å². The Morgan fingerprint density at radius 3 is 2.43 bits per heavy atom. The average Bonchev–Trinajstić information content (AvgIpc) is 2.09. The maximum atomic E-state index is 8.47. The number of aliphatic hydroxyl groups is 1. The van der Waals surface area contributed by atoms with E-state index >= 15 is 0 Å². The third-order valence-corrected chi connectivity index (χ3v) is 2.59. The Bertz CT molecular complexity index is 132. The summed E-state index contributed by atoms with van der Waals surface area (Å²) >= 11 is 0. The molecule has 0 amide bonds. The van der Waals surface area contributed by atoms with Crippen molar-refractivity contribution < 1.29 is 9.84 Å². The summed E-state index contributed by atoms with van der Waals surface area (Å²) in [4.78, 5) is 0. The molecule has 0 aromatic carbocycles. The quantitative estimate of drug-likeness (QED) is 0.612. The molecule has 0 bridgehead atoms. The van der Waals surface area contributed by atoms with Gasteiger partial charge in [-0.2, -0.15) is 0 Å². The van der Waals surface area contributed by atoms with Crippen molar-refractivity contribution in [3.8, 4) is 0 Å². The molecule has 0 saturated heterocycles. The standard InChI is InChI=1S/C11H25NO2/c1-10(11(2,3)4)9-12-5-7-14-8-6-13/h10,12-13H,5-9H2,1-4H3. The van der Waals surface area contributed by atoms with Gasteiger partial charge in [-0.05, 0) is 17.9 Å². The topological polar surface area (TPSA) is 41.5 Å². The Kier molecular flexibility index (Phi) is 7.15. The van der Waals surface area contributed by atoms with Gasteiger partial charge in [0, 0.05) is 6.54 Å². The smallest absolute Gasteiger partial charge is 0.0698 e. The third-order valence-electron chi connectivity index (χ3n) is 2.59. The Morgan fingerprint density at radius 1 is 1.29 bits per heavy atom. The zero-order valence-electron chi connectivity index (χ0n) is 9.97. The molecule has 3 nitrogen and oxygen atoms in total. The zero-order chi connectivity index (χ0) is 11.0. The summed E-state index contributed by atoms with van der Waals surface area (Å²) in [5.74, 6) is 0.653. The van der Waals surface area contributed by atoms with E-state index in [4.69, 9.17) is 9.84 Å². The lowest BCUT2D eigenvalue weighted by atomic mass is 9.82. The largest absolute Gasteiger partial charge is 0.394 e. The number of ether oxygens (including phenoxy) is 1. The van der Waals surface area contributed by atoms with Gasteiger partial charge in [-0.1, -0.05) is 27.7 Å². The highest BCUT2D eigenvalue weighted by molar-refractivity contribution is 4.71. The molecular formula is C11H25NO2.